The predicted octanol–water partition coefficient (Wildman–Crippen LogP) is 5.03. The van der Waals surface area contributed by atoms with Gasteiger partial charge in [-0.1, -0.05) is 44.0 Å². The molecule has 1 aliphatic rings. The van der Waals surface area contributed by atoms with Crippen LogP contribution in [0.25, 0.3) is 0 Å². The average Bonchev–Trinajstić information content (AvgIpc) is 2.79. The standard InChI is InChI=1S/C15H10Br2INO/c16-10-2-3-12(18)11(7-10)15(17)8-1-4-13-9(5-8)6-14(20)19-13/h1-5,7,15H,6H2,(H,19,20). The smallest absolute Gasteiger partial charge is 0.228 e. The van der Waals surface area contributed by atoms with Crippen LogP contribution < -0.4 is 5.32 Å². The summed E-state index contributed by atoms with van der Waals surface area (Å²) in [7, 11) is 0. The van der Waals surface area contributed by atoms with Gasteiger partial charge in [0.1, 0.15) is 0 Å². The Balaban J connectivity index is 1.99. The number of hydrogen-bond acceptors (Lipinski definition) is 1. The lowest BCUT2D eigenvalue weighted by atomic mass is 10.0. The number of benzene rings is 2. The summed E-state index contributed by atoms with van der Waals surface area (Å²) >= 11 is 9.63. The fourth-order valence-corrected chi connectivity index (χ4v) is 4.41. The zero-order valence-electron chi connectivity index (χ0n) is 10.3. The van der Waals surface area contributed by atoms with Gasteiger partial charge in [0.2, 0.25) is 5.91 Å². The molecule has 1 aliphatic heterocycles. The van der Waals surface area contributed by atoms with Crippen molar-refractivity contribution in [2.45, 2.75) is 11.2 Å². The van der Waals surface area contributed by atoms with E-state index in [2.05, 4.69) is 84.0 Å². The monoisotopic (exact) mass is 505 g/mol. The van der Waals surface area contributed by atoms with Crippen molar-refractivity contribution in [3.63, 3.8) is 0 Å². The molecule has 0 bridgehead atoms. The highest BCUT2D eigenvalue weighted by molar-refractivity contribution is 14.1. The molecule has 1 unspecified atom stereocenters. The Morgan fingerprint density at radius 2 is 2.00 bits per heavy atom. The molecule has 5 heteroatoms. The normalized spacial score (nSPS) is 14.8. The number of hydrogen-bond donors (Lipinski definition) is 1. The Hall–Kier alpha value is -0.400. The van der Waals surface area contributed by atoms with E-state index in [9.17, 15) is 4.79 Å². The van der Waals surface area contributed by atoms with Gasteiger partial charge < -0.3 is 5.32 Å². The molecule has 0 aliphatic carbocycles. The van der Waals surface area contributed by atoms with Crippen LogP contribution in [0.1, 0.15) is 21.5 Å². The number of fused-ring (bicyclic) bond motifs is 1. The molecule has 2 aromatic rings. The second kappa shape index (κ2) is 5.77. The summed E-state index contributed by atoms with van der Waals surface area (Å²) in [5, 5.41) is 2.86. The lowest BCUT2D eigenvalue weighted by Crippen LogP contribution is -2.03. The third-order valence-electron chi connectivity index (χ3n) is 3.28. The number of amides is 1. The zero-order chi connectivity index (χ0) is 14.3. The van der Waals surface area contributed by atoms with Gasteiger partial charge in [0.15, 0.2) is 0 Å². The maximum atomic E-state index is 11.4. The number of carbonyl (C=O) groups is 1. The van der Waals surface area contributed by atoms with E-state index >= 15 is 0 Å². The maximum Gasteiger partial charge on any atom is 0.228 e. The molecule has 1 heterocycles. The van der Waals surface area contributed by atoms with Crippen LogP contribution in [-0.2, 0) is 11.2 Å². The molecule has 0 radical (unpaired) electrons. The van der Waals surface area contributed by atoms with E-state index in [0.29, 0.717) is 6.42 Å². The highest BCUT2D eigenvalue weighted by Crippen LogP contribution is 2.37. The van der Waals surface area contributed by atoms with Gasteiger partial charge in [0, 0.05) is 13.7 Å². The van der Waals surface area contributed by atoms with Crippen LogP contribution in [-0.4, -0.2) is 5.91 Å². The van der Waals surface area contributed by atoms with Crippen molar-refractivity contribution in [1.82, 2.24) is 0 Å². The van der Waals surface area contributed by atoms with Crippen molar-refractivity contribution in [3.05, 3.63) is 61.1 Å². The molecule has 1 amide bonds. The highest BCUT2D eigenvalue weighted by atomic mass is 127. The van der Waals surface area contributed by atoms with E-state index in [1.807, 2.05) is 12.1 Å². The molecule has 0 aromatic heterocycles. The zero-order valence-corrected chi connectivity index (χ0v) is 15.6. The Morgan fingerprint density at radius 1 is 1.20 bits per heavy atom. The number of halogens is 3. The van der Waals surface area contributed by atoms with Gasteiger partial charge in [-0.25, -0.2) is 0 Å². The van der Waals surface area contributed by atoms with Crippen molar-refractivity contribution >= 4 is 66.0 Å². The molecule has 2 aromatic carbocycles. The maximum absolute atomic E-state index is 11.4. The molecule has 3 rings (SSSR count). The number of carbonyl (C=O) groups excluding carboxylic acids is 1. The van der Waals surface area contributed by atoms with Gasteiger partial charge in [-0.2, -0.15) is 0 Å². The first-order valence-electron chi connectivity index (χ1n) is 6.06. The van der Waals surface area contributed by atoms with Crippen LogP contribution in [0, 0.1) is 3.57 Å². The van der Waals surface area contributed by atoms with Crippen molar-refractivity contribution in [1.29, 1.82) is 0 Å². The summed E-state index contributed by atoms with van der Waals surface area (Å²) in [5.41, 5.74) is 4.39. The van der Waals surface area contributed by atoms with Crippen LogP contribution in [0.15, 0.2) is 40.9 Å². The number of alkyl halides is 1. The molecule has 0 spiro atoms. The molecule has 0 fully saturated rings. The molecule has 1 atom stereocenters. The summed E-state index contributed by atoms with van der Waals surface area (Å²) < 4.78 is 2.28. The quantitative estimate of drug-likeness (QED) is 0.449. The van der Waals surface area contributed by atoms with E-state index in [0.717, 1.165) is 21.3 Å². The molecular formula is C15H10Br2INO. The second-order valence-corrected chi connectivity index (χ2v) is 7.66. The molecule has 20 heavy (non-hydrogen) atoms. The summed E-state index contributed by atoms with van der Waals surface area (Å²) in [6.07, 6.45) is 0.471. The van der Waals surface area contributed by atoms with Gasteiger partial charge in [-0.15, -0.1) is 0 Å². The third-order valence-corrected chi connectivity index (χ3v) is 5.78. The number of nitrogens with one attached hydrogen (secondary N) is 1. The molecule has 102 valence electrons. The van der Waals surface area contributed by atoms with Gasteiger partial charge in [-0.3, -0.25) is 4.79 Å². The van der Waals surface area contributed by atoms with Gasteiger partial charge in [0.25, 0.3) is 0 Å². The predicted molar refractivity (Wildman–Crippen MR) is 96.4 cm³/mol. The first-order chi connectivity index (χ1) is 9.54. The van der Waals surface area contributed by atoms with Crippen LogP contribution in [0.4, 0.5) is 5.69 Å². The Bertz CT molecular complexity index is 702. The van der Waals surface area contributed by atoms with Crippen LogP contribution in [0.2, 0.25) is 0 Å². The topological polar surface area (TPSA) is 29.1 Å². The molecule has 0 saturated carbocycles. The SMILES string of the molecule is O=C1Cc2cc(C(Br)c3cc(Br)ccc3I)ccc2N1. The van der Waals surface area contributed by atoms with Gasteiger partial charge in [0.05, 0.1) is 11.2 Å². The minimum absolute atomic E-state index is 0.0697. The number of rotatable bonds is 2. The molecule has 2 nitrogen and oxygen atoms in total. The minimum atomic E-state index is 0.0697. The summed E-state index contributed by atoms with van der Waals surface area (Å²) in [6.45, 7) is 0. The fourth-order valence-electron chi connectivity index (χ4n) is 2.30. The van der Waals surface area contributed by atoms with Crippen molar-refractivity contribution < 1.29 is 4.79 Å². The van der Waals surface area contributed by atoms with Crippen LogP contribution in [0.3, 0.4) is 0 Å². The Labute approximate surface area is 147 Å². The minimum Gasteiger partial charge on any atom is -0.326 e. The van der Waals surface area contributed by atoms with E-state index < -0.39 is 0 Å². The van der Waals surface area contributed by atoms with E-state index in [1.54, 1.807) is 0 Å². The van der Waals surface area contributed by atoms with E-state index in [1.165, 1.54) is 9.13 Å². The van der Waals surface area contributed by atoms with Crippen LogP contribution >= 0.6 is 54.5 Å². The first-order valence-corrected chi connectivity index (χ1v) is 8.85. The Morgan fingerprint density at radius 3 is 2.80 bits per heavy atom. The molecular weight excluding hydrogens is 497 g/mol. The summed E-state index contributed by atoms with van der Waals surface area (Å²) in [4.78, 5) is 11.5. The van der Waals surface area contributed by atoms with E-state index in [-0.39, 0.29) is 10.7 Å². The lowest BCUT2D eigenvalue weighted by molar-refractivity contribution is -0.115. The van der Waals surface area contributed by atoms with Crippen molar-refractivity contribution in [2.24, 2.45) is 0 Å². The van der Waals surface area contributed by atoms with Crippen molar-refractivity contribution in [3.8, 4) is 0 Å². The second-order valence-electron chi connectivity index (χ2n) is 4.67. The third kappa shape index (κ3) is 2.80. The molecule has 1 N–H and O–H groups in total. The van der Waals surface area contributed by atoms with Crippen molar-refractivity contribution in [2.75, 3.05) is 5.32 Å². The van der Waals surface area contributed by atoms with Gasteiger partial charge >= 0.3 is 0 Å². The lowest BCUT2D eigenvalue weighted by Gasteiger charge is -2.14. The van der Waals surface area contributed by atoms with Crippen LogP contribution in [0.5, 0.6) is 0 Å². The Kier molecular flexibility index (Phi) is 4.19. The largest absolute Gasteiger partial charge is 0.326 e. The van der Waals surface area contributed by atoms with Gasteiger partial charge in [-0.05, 0) is 63.5 Å². The number of anilines is 1. The summed E-state index contributed by atoms with van der Waals surface area (Å²) in [5.74, 6) is 0.0697. The highest BCUT2D eigenvalue weighted by Gasteiger charge is 2.20. The van der Waals surface area contributed by atoms with E-state index in [4.69, 9.17) is 0 Å². The molecule has 0 saturated heterocycles. The average molecular weight is 507 g/mol. The first kappa shape index (κ1) is 14.5. The summed E-state index contributed by atoms with van der Waals surface area (Å²) in [6, 6.07) is 12.4. The fraction of sp³-hybridized carbons (Fsp3) is 0.133.